The minimum Gasteiger partial charge on any atom is -0.381 e. The second-order valence-corrected chi connectivity index (χ2v) is 11.0. The van der Waals surface area contributed by atoms with E-state index in [1.54, 1.807) is 0 Å². The lowest BCUT2D eigenvalue weighted by molar-refractivity contribution is 0.186. The molecule has 3 saturated heterocycles. The summed E-state index contributed by atoms with van der Waals surface area (Å²) >= 11 is 2.05. The maximum absolute atomic E-state index is 11.7. The van der Waals surface area contributed by atoms with E-state index in [1.165, 1.54) is 6.42 Å². The minimum atomic E-state index is -2.83. The molecule has 3 aliphatic heterocycles. The fourth-order valence-electron chi connectivity index (χ4n) is 3.64. The van der Waals surface area contributed by atoms with E-state index >= 15 is 0 Å². The van der Waals surface area contributed by atoms with Crippen molar-refractivity contribution >= 4 is 51.5 Å². The highest BCUT2D eigenvalue weighted by Gasteiger charge is 2.28. The van der Waals surface area contributed by atoms with E-state index in [0.717, 1.165) is 57.4 Å². The van der Waals surface area contributed by atoms with Crippen LogP contribution in [0.4, 0.5) is 0 Å². The Labute approximate surface area is 179 Å². The molecule has 6 nitrogen and oxygen atoms in total. The Balaban J connectivity index is 0.00000243. The number of sulfone groups is 1. The van der Waals surface area contributed by atoms with Crippen LogP contribution < -0.4 is 5.32 Å². The van der Waals surface area contributed by atoms with Crippen LogP contribution in [0.5, 0.6) is 0 Å². The number of hydrogen-bond donors (Lipinski definition) is 1. The Morgan fingerprint density at radius 3 is 2.85 bits per heavy atom. The van der Waals surface area contributed by atoms with E-state index in [0.29, 0.717) is 29.2 Å². The molecule has 3 fully saturated rings. The molecule has 3 unspecified atom stereocenters. The molecular formula is C17H32IN3O3S2. The van der Waals surface area contributed by atoms with Gasteiger partial charge in [0.25, 0.3) is 0 Å². The molecule has 0 aromatic carbocycles. The molecule has 0 amide bonds. The third kappa shape index (κ3) is 6.70. The van der Waals surface area contributed by atoms with Crippen molar-refractivity contribution < 1.29 is 13.2 Å². The van der Waals surface area contributed by atoms with E-state index in [1.807, 2.05) is 11.8 Å². The molecule has 3 heterocycles. The third-order valence-electron chi connectivity index (χ3n) is 5.29. The van der Waals surface area contributed by atoms with E-state index in [9.17, 15) is 8.42 Å². The van der Waals surface area contributed by atoms with E-state index < -0.39 is 9.84 Å². The summed E-state index contributed by atoms with van der Waals surface area (Å²) in [5.74, 6) is 3.45. The first-order chi connectivity index (χ1) is 12.1. The van der Waals surface area contributed by atoms with E-state index in [4.69, 9.17) is 9.73 Å². The first kappa shape index (κ1) is 22.5. The predicted molar refractivity (Wildman–Crippen MR) is 120 cm³/mol. The molecule has 3 atom stereocenters. The average molecular weight is 517 g/mol. The van der Waals surface area contributed by atoms with Crippen LogP contribution in [0.1, 0.15) is 26.2 Å². The number of halogens is 1. The number of aliphatic imine (C=N–C) groups is 1. The summed E-state index contributed by atoms with van der Waals surface area (Å²) in [7, 11) is -2.83. The van der Waals surface area contributed by atoms with Crippen LogP contribution in [0.25, 0.3) is 0 Å². The highest BCUT2D eigenvalue weighted by molar-refractivity contribution is 14.0. The fourth-order valence-corrected chi connectivity index (χ4v) is 6.67. The smallest absolute Gasteiger partial charge is 0.194 e. The molecule has 0 saturated carbocycles. The first-order valence-electron chi connectivity index (χ1n) is 9.48. The zero-order valence-electron chi connectivity index (χ0n) is 15.6. The fraction of sp³-hybridized carbons (Fsp3) is 0.941. The second-order valence-electron chi connectivity index (χ2n) is 7.39. The maximum Gasteiger partial charge on any atom is 0.194 e. The molecular weight excluding hydrogens is 485 g/mol. The van der Waals surface area contributed by atoms with Crippen molar-refractivity contribution in [1.82, 2.24) is 10.2 Å². The van der Waals surface area contributed by atoms with Gasteiger partial charge in [-0.25, -0.2) is 8.42 Å². The number of nitrogens with zero attached hydrogens (tertiary/aromatic N) is 2. The minimum absolute atomic E-state index is 0. The average Bonchev–Trinajstić information content (AvgIpc) is 3.24. The topological polar surface area (TPSA) is 71.0 Å². The van der Waals surface area contributed by atoms with Crippen molar-refractivity contribution in [3.05, 3.63) is 0 Å². The summed E-state index contributed by atoms with van der Waals surface area (Å²) in [6, 6.07) is 0. The number of thioether (sulfide) groups is 1. The maximum atomic E-state index is 11.7. The van der Waals surface area contributed by atoms with Crippen LogP contribution in [-0.4, -0.2) is 81.2 Å². The molecule has 0 aromatic heterocycles. The van der Waals surface area contributed by atoms with Gasteiger partial charge in [-0.05, 0) is 25.2 Å². The normalized spacial score (nSPS) is 31.7. The third-order valence-corrected chi connectivity index (χ3v) is 8.50. The number of guanidine groups is 1. The molecule has 1 N–H and O–H groups in total. The number of rotatable bonds is 5. The van der Waals surface area contributed by atoms with Crippen LogP contribution in [0.2, 0.25) is 0 Å². The summed E-state index contributed by atoms with van der Waals surface area (Å²) < 4.78 is 28.8. The zero-order valence-corrected chi connectivity index (χ0v) is 19.5. The van der Waals surface area contributed by atoms with Crippen LogP contribution in [0, 0.1) is 11.8 Å². The predicted octanol–water partition coefficient (Wildman–Crippen LogP) is 1.85. The van der Waals surface area contributed by atoms with Crippen LogP contribution in [-0.2, 0) is 14.6 Å². The van der Waals surface area contributed by atoms with Gasteiger partial charge in [-0.2, -0.15) is 11.8 Å². The van der Waals surface area contributed by atoms with Gasteiger partial charge in [0.15, 0.2) is 15.8 Å². The highest BCUT2D eigenvalue weighted by Crippen LogP contribution is 2.22. The van der Waals surface area contributed by atoms with Crippen molar-refractivity contribution in [2.45, 2.75) is 31.4 Å². The summed E-state index contributed by atoms with van der Waals surface area (Å²) in [5.41, 5.74) is 0. The van der Waals surface area contributed by atoms with Crippen molar-refractivity contribution in [3.8, 4) is 0 Å². The molecule has 26 heavy (non-hydrogen) atoms. The lowest BCUT2D eigenvalue weighted by Crippen LogP contribution is -2.49. The van der Waals surface area contributed by atoms with Gasteiger partial charge in [0, 0.05) is 49.7 Å². The Hall–Kier alpha value is 0.260. The Morgan fingerprint density at radius 2 is 2.19 bits per heavy atom. The van der Waals surface area contributed by atoms with Crippen LogP contribution >= 0.6 is 35.7 Å². The van der Waals surface area contributed by atoms with Crippen LogP contribution in [0.3, 0.4) is 0 Å². The number of nitrogens with one attached hydrogen (secondary N) is 1. The lowest BCUT2D eigenvalue weighted by atomic mass is 10.1. The molecule has 0 bridgehead atoms. The van der Waals surface area contributed by atoms with Crippen molar-refractivity contribution in [3.63, 3.8) is 0 Å². The summed E-state index contributed by atoms with van der Waals surface area (Å²) in [6.45, 7) is 7.47. The molecule has 3 rings (SSSR count). The lowest BCUT2D eigenvalue weighted by Gasteiger charge is -2.35. The summed E-state index contributed by atoms with van der Waals surface area (Å²) in [5, 5.41) is 4.21. The van der Waals surface area contributed by atoms with Crippen molar-refractivity contribution in [1.29, 1.82) is 0 Å². The number of hydrogen-bond acceptors (Lipinski definition) is 5. The first-order valence-corrected chi connectivity index (χ1v) is 12.4. The van der Waals surface area contributed by atoms with E-state index in [-0.39, 0.29) is 29.9 Å². The van der Waals surface area contributed by atoms with Crippen LogP contribution in [0.15, 0.2) is 4.99 Å². The van der Waals surface area contributed by atoms with Crippen molar-refractivity contribution in [2.24, 2.45) is 16.8 Å². The molecule has 0 radical (unpaired) electrons. The summed E-state index contributed by atoms with van der Waals surface area (Å²) in [4.78, 5) is 7.21. The SMILES string of the molecule is CCC1CN(C(=NCC2CCS(=O)(=O)C2)NCC2CCOC2)CCS1.I. The standard InChI is InChI=1S/C17H31N3O3S2.HI/c1-2-16-11-20(5-7-24-16)17(18-9-14-3-6-23-12-14)19-10-15-4-8-25(21,22)13-15;/h14-16H,2-13H2,1H3,(H,18,19);1H. The molecule has 3 aliphatic rings. The highest BCUT2D eigenvalue weighted by atomic mass is 127. The van der Waals surface area contributed by atoms with Gasteiger partial charge >= 0.3 is 0 Å². The summed E-state index contributed by atoms with van der Waals surface area (Å²) in [6.07, 6.45) is 3.03. The molecule has 152 valence electrons. The Morgan fingerprint density at radius 1 is 1.35 bits per heavy atom. The van der Waals surface area contributed by atoms with Gasteiger partial charge in [-0.1, -0.05) is 6.92 Å². The monoisotopic (exact) mass is 517 g/mol. The molecule has 9 heteroatoms. The van der Waals surface area contributed by atoms with Gasteiger partial charge in [0.05, 0.1) is 18.1 Å². The quantitative estimate of drug-likeness (QED) is 0.341. The van der Waals surface area contributed by atoms with Gasteiger partial charge in [-0.3, -0.25) is 4.99 Å². The van der Waals surface area contributed by atoms with Gasteiger partial charge < -0.3 is 15.0 Å². The zero-order chi connectivity index (χ0) is 17.7. The number of ether oxygens (including phenoxy) is 1. The van der Waals surface area contributed by atoms with Crippen molar-refractivity contribution in [2.75, 3.05) is 56.7 Å². The molecule has 0 spiro atoms. The Kier molecular flexibility index (Phi) is 9.29. The van der Waals surface area contributed by atoms with Gasteiger partial charge in [0.2, 0.25) is 0 Å². The largest absolute Gasteiger partial charge is 0.381 e. The van der Waals surface area contributed by atoms with Gasteiger partial charge in [0.1, 0.15) is 0 Å². The van der Waals surface area contributed by atoms with E-state index in [2.05, 4.69) is 17.1 Å². The molecule has 0 aromatic rings. The Bertz CT molecular complexity index is 568. The molecule has 0 aliphatic carbocycles. The second kappa shape index (κ2) is 10.7. The van der Waals surface area contributed by atoms with Gasteiger partial charge in [-0.15, -0.1) is 24.0 Å².